The molecule has 0 radical (unpaired) electrons. The van der Waals surface area contributed by atoms with Crippen LogP contribution < -0.4 is 16.0 Å². The van der Waals surface area contributed by atoms with Gasteiger partial charge in [0.25, 0.3) is 0 Å². The molecule has 0 aromatic heterocycles. The van der Waals surface area contributed by atoms with Crippen LogP contribution in [0.3, 0.4) is 0 Å². The van der Waals surface area contributed by atoms with Crippen LogP contribution in [0.1, 0.15) is 30.0 Å². The van der Waals surface area contributed by atoms with Crippen LogP contribution in [0.5, 0.6) is 0 Å². The standard InChI is InChI=1S/C21H28N4O/c1-3-22-21(25-16-19-11-9-17(2)10-12-19)23-14-13-20(26)24-15-18-7-5-4-6-8-18/h4-12H,3,13-16H2,1-2H3,(H,24,26)(H2,22,23,25). The first-order valence-electron chi connectivity index (χ1n) is 9.05. The molecule has 0 fully saturated rings. The zero-order valence-corrected chi connectivity index (χ0v) is 15.6. The second kappa shape index (κ2) is 10.9. The predicted molar refractivity (Wildman–Crippen MR) is 107 cm³/mol. The van der Waals surface area contributed by atoms with Crippen LogP contribution in [0.2, 0.25) is 0 Å². The van der Waals surface area contributed by atoms with Gasteiger partial charge in [0.15, 0.2) is 5.96 Å². The van der Waals surface area contributed by atoms with Gasteiger partial charge in [0.05, 0.1) is 6.54 Å². The molecule has 26 heavy (non-hydrogen) atoms. The van der Waals surface area contributed by atoms with Crippen molar-refractivity contribution in [2.45, 2.75) is 33.4 Å². The van der Waals surface area contributed by atoms with Gasteiger partial charge in [-0.3, -0.25) is 4.79 Å². The Morgan fingerprint density at radius 1 is 0.923 bits per heavy atom. The Balaban J connectivity index is 1.73. The first-order chi connectivity index (χ1) is 12.7. The van der Waals surface area contributed by atoms with E-state index in [1.165, 1.54) is 5.56 Å². The highest BCUT2D eigenvalue weighted by atomic mass is 16.1. The van der Waals surface area contributed by atoms with Crippen LogP contribution in [-0.4, -0.2) is 25.0 Å². The zero-order chi connectivity index (χ0) is 18.6. The number of amides is 1. The Morgan fingerprint density at radius 3 is 2.35 bits per heavy atom. The first kappa shape index (κ1) is 19.5. The number of nitrogens with zero attached hydrogens (tertiary/aromatic N) is 1. The quantitative estimate of drug-likeness (QED) is 0.506. The number of guanidine groups is 1. The number of hydrogen-bond donors (Lipinski definition) is 3. The molecule has 5 nitrogen and oxygen atoms in total. The van der Waals surface area contributed by atoms with Gasteiger partial charge in [0.2, 0.25) is 5.91 Å². The van der Waals surface area contributed by atoms with Crippen molar-refractivity contribution in [2.24, 2.45) is 4.99 Å². The molecule has 0 saturated heterocycles. The molecule has 0 aliphatic heterocycles. The number of carbonyl (C=O) groups excluding carboxylic acids is 1. The zero-order valence-electron chi connectivity index (χ0n) is 15.6. The lowest BCUT2D eigenvalue weighted by molar-refractivity contribution is -0.121. The van der Waals surface area contributed by atoms with E-state index in [1.807, 2.05) is 37.3 Å². The molecule has 0 atom stereocenters. The molecule has 3 N–H and O–H groups in total. The third-order valence-electron chi connectivity index (χ3n) is 3.86. The minimum absolute atomic E-state index is 0.0238. The largest absolute Gasteiger partial charge is 0.357 e. The summed E-state index contributed by atoms with van der Waals surface area (Å²) in [5, 5.41) is 9.34. The van der Waals surface area contributed by atoms with Gasteiger partial charge in [-0.25, -0.2) is 4.99 Å². The van der Waals surface area contributed by atoms with E-state index in [1.54, 1.807) is 0 Å². The second-order valence-corrected chi connectivity index (χ2v) is 6.12. The van der Waals surface area contributed by atoms with E-state index < -0.39 is 0 Å². The van der Waals surface area contributed by atoms with Gasteiger partial charge in [-0.05, 0) is 25.0 Å². The summed E-state index contributed by atoms with van der Waals surface area (Å²) in [7, 11) is 0. The number of aryl methyl sites for hydroxylation is 1. The fraction of sp³-hybridized carbons (Fsp3) is 0.333. The van der Waals surface area contributed by atoms with Crippen LogP contribution in [0.15, 0.2) is 59.6 Å². The van der Waals surface area contributed by atoms with Gasteiger partial charge in [0.1, 0.15) is 0 Å². The predicted octanol–water partition coefficient (Wildman–Crippen LogP) is 2.76. The number of nitrogens with one attached hydrogen (secondary N) is 3. The molecular formula is C21H28N4O. The maximum Gasteiger partial charge on any atom is 0.222 e. The maximum atomic E-state index is 12.0. The molecule has 5 heteroatoms. The summed E-state index contributed by atoms with van der Waals surface area (Å²) in [6, 6.07) is 18.2. The third kappa shape index (κ3) is 7.38. The van der Waals surface area contributed by atoms with E-state index >= 15 is 0 Å². The van der Waals surface area contributed by atoms with E-state index in [-0.39, 0.29) is 5.91 Å². The van der Waals surface area contributed by atoms with Gasteiger partial charge >= 0.3 is 0 Å². The molecule has 0 bridgehead atoms. The van der Waals surface area contributed by atoms with Crippen molar-refractivity contribution in [1.82, 2.24) is 16.0 Å². The lowest BCUT2D eigenvalue weighted by Gasteiger charge is -2.11. The van der Waals surface area contributed by atoms with Crippen LogP contribution >= 0.6 is 0 Å². The number of hydrogen-bond acceptors (Lipinski definition) is 2. The molecule has 2 aromatic carbocycles. The molecule has 0 saturated carbocycles. The summed E-state index contributed by atoms with van der Waals surface area (Å²) in [5.74, 6) is 0.750. The van der Waals surface area contributed by atoms with E-state index in [0.29, 0.717) is 26.1 Å². The van der Waals surface area contributed by atoms with Crippen molar-refractivity contribution in [1.29, 1.82) is 0 Å². The van der Waals surface area contributed by atoms with E-state index in [9.17, 15) is 4.79 Å². The molecule has 2 aromatic rings. The van der Waals surface area contributed by atoms with E-state index in [0.717, 1.165) is 23.6 Å². The Bertz CT molecular complexity index is 696. The minimum atomic E-state index is 0.0238. The van der Waals surface area contributed by atoms with Crippen molar-refractivity contribution in [3.05, 3.63) is 71.3 Å². The number of aliphatic imine (C=N–C) groups is 1. The summed E-state index contributed by atoms with van der Waals surface area (Å²) in [5.41, 5.74) is 3.50. The fourth-order valence-electron chi connectivity index (χ4n) is 2.38. The van der Waals surface area contributed by atoms with Gasteiger partial charge in [-0.2, -0.15) is 0 Å². The molecule has 1 amide bonds. The highest BCUT2D eigenvalue weighted by Crippen LogP contribution is 2.04. The Hall–Kier alpha value is -2.82. The average molecular weight is 352 g/mol. The molecule has 0 aliphatic carbocycles. The number of carbonyl (C=O) groups is 1. The topological polar surface area (TPSA) is 65.5 Å². The van der Waals surface area contributed by atoms with Crippen molar-refractivity contribution < 1.29 is 4.79 Å². The van der Waals surface area contributed by atoms with Gasteiger partial charge in [-0.1, -0.05) is 60.2 Å². The number of rotatable bonds is 8. The number of benzene rings is 2. The van der Waals surface area contributed by atoms with Crippen molar-refractivity contribution in [2.75, 3.05) is 13.1 Å². The lowest BCUT2D eigenvalue weighted by atomic mass is 10.1. The highest BCUT2D eigenvalue weighted by molar-refractivity contribution is 5.81. The summed E-state index contributed by atoms with van der Waals surface area (Å²) in [6.45, 7) is 6.58. The minimum Gasteiger partial charge on any atom is -0.357 e. The summed E-state index contributed by atoms with van der Waals surface area (Å²) in [4.78, 5) is 16.5. The molecule has 0 heterocycles. The average Bonchev–Trinajstić information content (AvgIpc) is 2.66. The van der Waals surface area contributed by atoms with Crippen molar-refractivity contribution >= 4 is 11.9 Å². The summed E-state index contributed by atoms with van der Waals surface area (Å²) in [6.07, 6.45) is 0.405. The van der Waals surface area contributed by atoms with Gasteiger partial charge < -0.3 is 16.0 Å². The smallest absolute Gasteiger partial charge is 0.222 e. The van der Waals surface area contributed by atoms with Gasteiger partial charge in [-0.15, -0.1) is 0 Å². The molecule has 2 rings (SSSR count). The van der Waals surface area contributed by atoms with E-state index in [2.05, 4.69) is 52.1 Å². The fourth-order valence-corrected chi connectivity index (χ4v) is 2.38. The SMILES string of the molecule is CCNC(=NCc1ccc(C)cc1)NCCC(=O)NCc1ccccc1. The Labute approximate surface area is 155 Å². The Morgan fingerprint density at radius 2 is 1.65 bits per heavy atom. The molecule has 0 unspecified atom stereocenters. The first-order valence-corrected chi connectivity index (χ1v) is 9.05. The van der Waals surface area contributed by atoms with Crippen molar-refractivity contribution in [3.63, 3.8) is 0 Å². The third-order valence-corrected chi connectivity index (χ3v) is 3.86. The lowest BCUT2D eigenvalue weighted by Crippen LogP contribution is -2.39. The van der Waals surface area contributed by atoms with Crippen LogP contribution in [-0.2, 0) is 17.9 Å². The molecule has 0 aliphatic rings. The normalized spacial score (nSPS) is 11.1. The molecule has 0 spiro atoms. The second-order valence-electron chi connectivity index (χ2n) is 6.12. The monoisotopic (exact) mass is 352 g/mol. The molecular weight excluding hydrogens is 324 g/mol. The van der Waals surface area contributed by atoms with E-state index in [4.69, 9.17) is 0 Å². The van der Waals surface area contributed by atoms with Crippen LogP contribution in [0.4, 0.5) is 0 Å². The Kier molecular flexibility index (Phi) is 8.19. The van der Waals surface area contributed by atoms with Crippen LogP contribution in [0, 0.1) is 6.92 Å². The summed E-state index contributed by atoms with van der Waals surface area (Å²) >= 11 is 0. The maximum absolute atomic E-state index is 12.0. The van der Waals surface area contributed by atoms with Gasteiger partial charge in [0, 0.05) is 26.1 Å². The molecule has 138 valence electrons. The van der Waals surface area contributed by atoms with Crippen molar-refractivity contribution in [3.8, 4) is 0 Å². The summed E-state index contributed by atoms with van der Waals surface area (Å²) < 4.78 is 0. The highest BCUT2D eigenvalue weighted by Gasteiger charge is 2.03. The van der Waals surface area contributed by atoms with Crippen LogP contribution in [0.25, 0.3) is 0 Å².